The Morgan fingerprint density at radius 1 is 0.579 bits per heavy atom. The quantitative estimate of drug-likeness (QED) is 0.335. The smallest absolute Gasteiger partial charge is 0.238 e. The van der Waals surface area contributed by atoms with Gasteiger partial charge in [0.25, 0.3) is 0 Å². The Balaban J connectivity index is 1.51. The van der Waals surface area contributed by atoms with Crippen molar-refractivity contribution in [3.8, 4) is 0 Å². The van der Waals surface area contributed by atoms with Crippen LogP contribution in [-0.2, 0) is 20.4 Å². The van der Waals surface area contributed by atoms with Crippen molar-refractivity contribution in [2.75, 3.05) is 21.3 Å². The first kappa shape index (κ1) is 26.9. The Labute approximate surface area is 235 Å². The molecule has 0 saturated carbocycles. The molecule has 2 aliphatic heterocycles. The third-order valence-electron chi connectivity index (χ3n) is 7.26. The number of thioether (sulfide) groups is 2. The van der Waals surface area contributed by atoms with Crippen LogP contribution in [0, 0.1) is 0 Å². The van der Waals surface area contributed by atoms with Crippen LogP contribution in [0.5, 0.6) is 0 Å². The zero-order valence-electron chi connectivity index (χ0n) is 23.0. The van der Waals surface area contributed by atoms with Crippen LogP contribution >= 0.6 is 23.5 Å². The van der Waals surface area contributed by atoms with Crippen LogP contribution in [0.2, 0.25) is 0 Å². The van der Waals surface area contributed by atoms with E-state index in [9.17, 15) is 9.59 Å². The minimum absolute atomic E-state index is 0.0668. The lowest BCUT2D eigenvalue weighted by Crippen LogP contribution is -2.33. The van der Waals surface area contributed by atoms with Crippen LogP contribution in [0.1, 0.15) is 74.5 Å². The molecule has 0 bridgehead atoms. The Kier molecular flexibility index (Phi) is 7.16. The van der Waals surface area contributed by atoms with E-state index in [2.05, 4.69) is 90.1 Å². The molecule has 3 aromatic rings. The molecule has 0 N–H and O–H groups in total. The normalized spacial score (nSPS) is 20.5. The van der Waals surface area contributed by atoms with Crippen molar-refractivity contribution in [3.63, 3.8) is 0 Å². The monoisotopic (exact) mass is 544 g/mol. The largest absolute Gasteiger partial charge is 0.293 e. The lowest BCUT2D eigenvalue weighted by molar-refractivity contribution is -0.116. The van der Waals surface area contributed by atoms with Crippen molar-refractivity contribution in [2.45, 2.75) is 63.1 Å². The summed E-state index contributed by atoms with van der Waals surface area (Å²) in [6, 6.07) is 25.1. The van der Waals surface area contributed by atoms with E-state index < -0.39 is 0 Å². The molecule has 0 spiro atoms. The van der Waals surface area contributed by atoms with Gasteiger partial charge in [-0.05, 0) is 45.2 Å². The summed E-state index contributed by atoms with van der Waals surface area (Å²) in [4.78, 5) is 30.4. The molecule has 2 amide bonds. The van der Waals surface area contributed by atoms with E-state index in [1.807, 2.05) is 34.1 Å². The fourth-order valence-electron chi connectivity index (χ4n) is 5.03. The fourth-order valence-corrected chi connectivity index (χ4v) is 7.37. The summed E-state index contributed by atoms with van der Waals surface area (Å²) in [5.41, 5.74) is 6.44. The number of rotatable bonds is 4. The van der Waals surface area contributed by atoms with Gasteiger partial charge in [-0.15, -0.1) is 23.5 Å². The molecular weight excluding hydrogens is 508 g/mol. The number of carbonyl (C=O) groups is 2. The molecule has 2 aliphatic rings. The summed E-state index contributed by atoms with van der Waals surface area (Å²) in [6.07, 6.45) is 0. The Hall–Kier alpha value is -2.70. The fraction of sp³-hybridized carbons (Fsp3) is 0.375. The minimum Gasteiger partial charge on any atom is -0.293 e. The summed E-state index contributed by atoms with van der Waals surface area (Å²) in [5, 5.41) is -0.264. The highest BCUT2D eigenvalue weighted by atomic mass is 32.2. The molecule has 38 heavy (non-hydrogen) atoms. The summed E-state index contributed by atoms with van der Waals surface area (Å²) in [5.74, 6) is 0.969. The molecule has 2 saturated heterocycles. The number of anilines is 2. The Morgan fingerprint density at radius 3 is 1.24 bits per heavy atom. The Bertz CT molecular complexity index is 1230. The van der Waals surface area contributed by atoms with Crippen LogP contribution in [0.15, 0.2) is 72.8 Å². The van der Waals surface area contributed by atoms with Gasteiger partial charge in [0.1, 0.15) is 10.7 Å². The first-order valence-corrected chi connectivity index (χ1v) is 15.2. The van der Waals surface area contributed by atoms with Gasteiger partial charge in [0, 0.05) is 0 Å². The van der Waals surface area contributed by atoms with Crippen LogP contribution < -0.4 is 9.80 Å². The van der Waals surface area contributed by atoms with Crippen LogP contribution in [-0.4, -0.2) is 23.3 Å². The van der Waals surface area contributed by atoms with E-state index in [1.165, 1.54) is 11.1 Å². The van der Waals surface area contributed by atoms with Gasteiger partial charge in [-0.2, -0.15) is 0 Å². The van der Waals surface area contributed by atoms with Crippen molar-refractivity contribution < 1.29 is 9.59 Å². The number of benzene rings is 3. The molecule has 2 heterocycles. The Morgan fingerprint density at radius 2 is 0.921 bits per heavy atom. The van der Waals surface area contributed by atoms with Crippen molar-refractivity contribution in [1.82, 2.24) is 0 Å². The van der Waals surface area contributed by atoms with Crippen molar-refractivity contribution in [3.05, 3.63) is 95.1 Å². The van der Waals surface area contributed by atoms with Crippen molar-refractivity contribution in [2.24, 2.45) is 0 Å². The van der Waals surface area contributed by atoms with Crippen molar-refractivity contribution in [1.29, 1.82) is 0 Å². The van der Waals surface area contributed by atoms with Gasteiger partial charge >= 0.3 is 0 Å². The second-order valence-corrected chi connectivity index (χ2v) is 14.2. The van der Waals surface area contributed by atoms with E-state index >= 15 is 0 Å². The number of hydrogen-bond donors (Lipinski definition) is 0. The number of hydrogen-bond acceptors (Lipinski definition) is 4. The molecule has 2 fully saturated rings. The number of amides is 2. The SMILES string of the molecule is CC(C)(C)c1ccc([C@@H]2SCC(=O)N2c2ccccc2N2C(=O)CS[C@H]2c2ccc(C(C)(C)C)cc2)cc1. The summed E-state index contributed by atoms with van der Waals surface area (Å²) in [7, 11) is 0. The summed E-state index contributed by atoms with van der Waals surface area (Å²) >= 11 is 3.28. The molecule has 198 valence electrons. The first-order valence-electron chi connectivity index (χ1n) is 13.1. The second-order valence-electron chi connectivity index (χ2n) is 12.1. The lowest BCUT2D eigenvalue weighted by Gasteiger charge is -2.32. The molecule has 6 heteroatoms. The molecule has 3 aromatic carbocycles. The highest BCUT2D eigenvalue weighted by Crippen LogP contribution is 2.49. The highest BCUT2D eigenvalue weighted by Gasteiger charge is 2.40. The van der Waals surface area contributed by atoms with Crippen molar-refractivity contribution >= 4 is 46.7 Å². The zero-order valence-corrected chi connectivity index (χ0v) is 24.7. The number of carbonyl (C=O) groups excluding carboxylic acids is 2. The third-order valence-corrected chi connectivity index (χ3v) is 9.68. The molecule has 0 aliphatic carbocycles. The summed E-state index contributed by atoms with van der Waals surface area (Å²) in [6.45, 7) is 13.2. The van der Waals surface area contributed by atoms with E-state index in [1.54, 1.807) is 23.5 Å². The molecule has 0 aromatic heterocycles. The van der Waals surface area contributed by atoms with Gasteiger partial charge in [-0.3, -0.25) is 19.4 Å². The third kappa shape index (κ3) is 5.13. The molecule has 0 unspecified atom stereocenters. The van der Waals surface area contributed by atoms with Gasteiger partial charge in [0.2, 0.25) is 11.8 Å². The second kappa shape index (κ2) is 10.1. The lowest BCUT2D eigenvalue weighted by atomic mass is 9.86. The maximum atomic E-state index is 13.3. The number of nitrogens with zero attached hydrogens (tertiary/aromatic N) is 2. The van der Waals surface area contributed by atoms with Gasteiger partial charge < -0.3 is 0 Å². The predicted octanol–water partition coefficient (Wildman–Crippen LogP) is 7.84. The predicted molar refractivity (Wildman–Crippen MR) is 162 cm³/mol. The van der Waals surface area contributed by atoms with E-state index in [4.69, 9.17) is 0 Å². The number of para-hydroxylation sites is 2. The van der Waals surface area contributed by atoms with Crippen LogP contribution in [0.4, 0.5) is 11.4 Å². The highest BCUT2D eigenvalue weighted by molar-refractivity contribution is 8.01. The van der Waals surface area contributed by atoms with Gasteiger partial charge in [0.15, 0.2) is 0 Å². The van der Waals surface area contributed by atoms with Gasteiger partial charge in [0.05, 0.1) is 22.9 Å². The van der Waals surface area contributed by atoms with Crippen LogP contribution in [0.3, 0.4) is 0 Å². The molecule has 5 rings (SSSR count). The molecule has 0 radical (unpaired) electrons. The van der Waals surface area contributed by atoms with E-state index in [0.717, 1.165) is 22.5 Å². The van der Waals surface area contributed by atoms with E-state index in [-0.39, 0.29) is 33.4 Å². The maximum absolute atomic E-state index is 13.3. The molecule has 2 atom stereocenters. The van der Waals surface area contributed by atoms with Gasteiger partial charge in [-0.25, -0.2) is 0 Å². The van der Waals surface area contributed by atoms with Gasteiger partial charge in [-0.1, -0.05) is 102 Å². The minimum atomic E-state index is -0.132. The van der Waals surface area contributed by atoms with E-state index in [0.29, 0.717) is 11.5 Å². The molecule has 4 nitrogen and oxygen atoms in total. The topological polar surface area (TPSA) is 40.6 Å². The van der Waals surface area contributed by atoms with Crippen LogP contribution in [0.25, 0.3) is 0 Å². The summed E-state index contributed by atoms with van der Waals surface area (Å²) < 4.78 is 0. The standard InChI is InChI=1S/C32H36N2O2S2/c1-31(2,3)23-15-11-21(12-16-23)29-33(27(35)19-37-29)25-9-7-8-10-26(25)34-28(36)20-38-30(34)22-13-17-24(18-14-22)32(4,5)6/h7-18,29-30H,19-20H2,1-6H3/t29-,30-/m0/s1. The first-order chi connectivity index (χ1) is 17.9. The molecular formula is C32H36N2O2S2. The maximum Gasteiger partial charge on any atom is 0.238 e. The zero-order chi connectivity index (χ0) is 27.2. The average Bonchev–Trinajstić information content (AvgIpc) is 3.45. The average molecular weight is 545 g/mol.